The number of fused-ring (bicyclic) bond motifs is 1. The molecular weight excluding hydrogens is 488 g/mol. The zero-order valence-electron chi connectivity index (χ0n) is 19.9. The second-order valence-electron chi connectivity index (χ2n) is 7.75. The molecule has 9 heteroatoms. The van der Waals surface area contributed by atoms with E-state index in [1.807, 2.05) is 36.4 Å². The van der Waals surface area contributed by atoms with Crippen LogP contribution in [0.1, 0.15) is 25.4 Å². The highest BCUT2D eigenvalue weighted by Crippen LogP contribution is 2.54. The Morgan fingerprint density at radius 2 is 1.11 bits per heavy atom. The molecule has 3 aromatic heterocycles. The monoisotopic (exact) mass is 506 g/mol. The molecule has 3 aromatic rings. The third kappa shape index (κ3) is 5.24. The van der Waals surface area contributed by atoms with Gasteiger partial charge in [0.15, 0.2) is 11.5 Å². The SMILES string of the molecule is CC(/C=C/c1ccc(-c2sc(-c3ccc(/C=C/C(C)=C(C#N)C#N)o3)c3c2OCCO3)o1)=C(C#N)C#N. The van der Waals surface area contributed by atoms with Crippen LogP contribution in [0.2, 0.25) is 0 Å². The van der Waals surface area contributed by atoms with E-state index in [9.17, 15) is 0 Å². The van der Waals surface area contributed by atoms with Gasteiger partial charge in [-0.3, -0.25) is 0 Å². The van der Waals surface area contributed by atoms with Crippen LogP contribution in [0.3, 0.4) is 0 Å². The molecule has 0 bridgehead atoms. The van der Waals surface area contributed by atoms with Crippen LogP contribution in [0.25, 0.3) is 33.4 Å². The normalized spacial score (nSPS) is 11.9. The van der Waals surface area contributed by atoms with E-state index in [4.69, 9.17) is 39.4 Å². The maximum atomic E-state index is 9.00. The molecule has 0 aliphatic carbocycles. The van der Waals surface area contributed by atoms with Gasteiger partial charge < -0.3 is 18.3 Å². The van der Waals surface area contributed by atoms with Crippen LogP contribution in [-0.2, 0) is 0 Å². The van der Waals surface area contributed by atoms with Gasteiger partial charge in [-0.25, -0.2) is 0 Å². The van der Waals surface area contributed by atoms with Crippen LogP contribution in [0.4, 0.5) is 0 Å². The third-order valence-electron chi connectivity index (χ3n) is 5.33. The minimum absolute atomic E-state index is 0.0416. The molecule has 0 amide bonds. The number of hydrogen-bond donors (Lipinski definition) is 0. The first-order chi connectivity index (χ1) is 18.0. The lowest BCUT2D eigenvalue weighted by atomic mass is 10.1. The number of rotatable bonds is 6. The maximum absolute atomic E-state index is 9.00. The summed E-state index contributed by atoms with van der Waals surface area (Å²) in [6.45, 7) is 4.17. The van der Waals surface area contributed by atoms with Gasteiger partial charge in [-0.15, -0.1) is 11.3 Å². The Morgan fingerprint density at radius 1 is 0.703 bits per heavy atom. The number of furan rings is 2. The van der Waals surface area contributed by atoms with Crippen molar-refractivity contribution in [1.82, 2.24) is 0 Å². The fourth-order valence-electron chi connectivity index (χ4n) is 3.39. The number of nitriles is 4. The fraction of sp³-hybridized carbons (Fsp3) is 0.143. The minimum Gasteiger partial charge on any atom is -0.484 e. The highest BCUT2D eigenvalue weighted by molar-refractivity contribution is 7.19. The van der Waals surface area contributed by atoms with Gasteiger partial charge >= 0.3 is 0 Å². The summed E-state index contributed by atoms with van der Waals surface area (Å²) >= 11 is 1.40. The summed E-state index contributed by atoms with van der Waals surface area (Å²) in [5, 5.41) is 36.0. The lowest BCUT2D eigenvalue weighted by molar-refractivity contribution is 0.174. The van der Waals surface area contributed by atoms with Crippen molar-refractivity contribution < 1.29 is 18.3 Å². The van der Waals surface area contributed by atoms with Crippen LogP contribution in [-0.4, -0.2) is 13.2 Å². The number of hydrogen-bond acceptors (Lipinski definition) is 9. The quantitative estimate of drug-likeness (QED) is 0.263. The third-order valence-corrected chi connectivity index (χ3v) is 6.51. The van der Waals surface area contributed by atoms with Crippen molar-refractivity contribution in [3.63, 3.8) is 0 Å². The van der Waals surface area contributed by atoms with Crippen molar-refractivity contribution >= 4 is 23.5 Å². The molecule has 0 saturated heterocycles. The van der Waals surface area contributed by atoms with Crippen molar-refractivity contribution in [3.8, 4) is 57.1 Å². The highest BCUT2D eigenvalue weighted by Gasteiger charge is 2.29. The van der Waals surface area contributed by atoms with Crippen LogP contribution in [0, 0.1) is 45.3 Å². The molecule has 0 unspecified atom stereocenters. The summed E-state index contributed by atoms with van der Waals surface area (Å²) in [5.41, 5.74) is 1.17. The fourth-order valence-corrected chi connectivity index (χ4v) is 4.50. The summed E-state index contributed by atoms with van der Waals surface area (Å²) in [4.78, 5) is 1.48. The lowest BCUT2D eigenvalue weighted by Crippen LogP contribution is -2.14. The van der Waals surface area contributed by atoms with Gasteiger partial charge in [-0.05, 0) is 61.4 Å². The Labute approximate surface area is 217 Å². The Kier molecular flexibility index (Phi) is 7.41. The molecule has 8 nitrogen and oxygen atoms in total. The summed E-state index contributed by atoms with van der Waals surface area (Å²) in [6, 6.07) is 14.7. The molecule has 0 radical (unpaired) electrons. The lowest BCUT2D eigenvalue weighted by Gasteiger charge is -2.16. The van der Waals surface area contributed by atoms with Gasteiger partial charge in [0.2, 0.25) is 0 Å². The molecule has 0 saturated carbocycles. The molecule has 0 aromatic carbocycles. The molecule has 4 heterocycles. The zero-order chi connectivity index (χ0) is 26.4. The first kappa shape index (κ1) is 24.9. The zero-order valence-corrected chi connectivity index (χ0v) is 20.7. The molecule has 0 N–H and O–H groups in total. The van der Waals surface area contributed by atoms with E-state index in [-0.39, 0.29) is 11.1 Å². The Morgan fingerprint density at radius 3 is 1.49 bits per heavy atom. The van der Waals surface area contributed by atoms with E-state index in [0.717, 1.165) is 9.75 Å². The van der Waals surface area contributed by atoms with Crippen LogP contribution < -0.4 is 9.47 Å². The van der Waals surface area contributed by atoms with E-state index < -0.39 is 0 Å². The van der Waals surface area contributed by atoms with Crippen LogP contribution in [0.5, 0.6) is 11.5 Å². The largest absolute Gasteiger partial charge is 0.484 e. The molecule has 0 atom stereocenters. The molecule has 0 fully saturated rings. The van der Waals surface area contributed by atoms with Gasteiger partial charge in [0, 0.05) is 0 Å². The van der Waals surface area contributed by atoms with E-state index in [0.29, 0.717) is 58.9 Å². The van der Waals surface area contributed by atoms with Gasteiger partial charge in [0.1, 0.15) is 81.4 Å². The Hall–Kier alpha value is -5.22. The number of ether oxygens (including phenoxy) is 2. The smallest absolute Gasteiger partial charge is 0.183 e. The minimum atomic E-state index is 0.0416. The molecule has 4 rings (SSSR count). The average molecular weight is 507 g/mol. The first-order valence-electron chi connectivity index (χ1n) is 11.0. The topological polar surface area (TPSA) is 140 Å². The summed E-state index contributed by atoms with van der Waals surface area (Å²) in [5.74, 6) is 3.40. The first-order valence-corrected chi connectivity index (χ1v) is 11.8. The van der Waals surface area contributed by atoms with Gasteiger partial charge in [-0.2, -0.15) is 21.0 Å². The molecular formula is C28H18N4O4S. The van der Waals surface area contributed by atoms with Crippen LogP contribution >= 0.6 is 11.3 Å². The molecule has 0 spiro atoms. The average Bonchev–Trinajstić information content (AvgIpc) is 3.66. The van der Waals surface area contributed by atoms with Crippen molar-refractivity contribution in [2.45, 2.75) is 13.8 Å². The van der Waals surface area contributed by atoms with Crippen LogP contribution in [0.15, 0.2) is 67.5 Å². The van der Waals surface area contributed by atoms with Gasteiger partial charge in [0.25, 0.3) is 0 Å². The summed E-state index contributed by atoms with van der Waals surface area (Å²) in [7, 11) is 0. The number of nitrogens with zero attached hydrogens (tertiary/aromatic N) is 4. The van der Waals surface area contributed by atoms with E-state index >= 15 is 0 Å². The molecule has 1 aliphatic rings. The van der Waals surface area contributed by atoms with Crippen molar-refractivity contribution in [3.05, 3.63) is 70.2 Å². The van der Waals surface area contributed by atoms with E-state index in [2.05, 4.69) is 0 Å². The maximum Gasteiger partial charge on any atom is 0.183 e. The predicted molar refractivity (Wildman–Crippen MR) is 137 cm³/mol. The van der Waals surface area contributed by atoms with Crippen molar-refractivity contribution in [2.75, 3.05) is 13.2 Å². The highest BCUT2D eigenvalue weighted by atomic mass is 32.1. The second kappa shape index (κ2) is 11.0. The second-order valence-corrected chi connectivity index (χ2v) is 8.77. The van der Waals surface area contributed by atoms with Gasteiger partial charge in [0.05, 0.1) is 0 Å². The predicted octanol–water partition coefficient (Wildman–Crippen LogP) is 6.79. The van der Waals surface area contributed by atoms with E-state index in [1.165, 1.54) is 11.3 Å². The molecule has 1 aliphatic heterocycles. The Balaban J connectivity index is 1.65. The van der Waals surface area contributed by atoms with Gasteiger partial charge in [-0.1, -0.05) is 12.2 Å². The Bertz CT molecular complexity index is 1500. The molecule has 37 heavy (non-hydrogen) atoms. The van der Waals surface area contributed by atoms with E-state index in [1.54, 1.807) is 50.3 Å². The van der Waals surface area contributed by atoms with Crippen molar-refractivity contribution in [1.29, 1.82) is 21.0 Å². The standard InChI is InChI=1S/C28H18N4O4S/c1-17(19(13-29)14-30)3-5-21-7-9-23(35-21)27-25-26(34-12-11-33-25)28(37-27)24-10-8-22(36-24)6-4-18(2)20(15-31)16-32/h3-10H,11-12H2,1-2H3/b5-3+,6-4+. The van der Waals surface area contributed by atoms with Crippen molar-refractivity contribution in [2.24, 2.45) is 0 Å². The summed E-state index contributed by atoms with van der Waals surface area (Å²) in [6.07, 6.45) is 6.70. The number of allylic oxidation sites excluding steroid dienone is 6. The number of thiophene rings is 1. The molecule has 180 valence electrons. The summed E-state index contributed by atoms with van der Waals surface area (Å²) < 4.78 is 23.8.